The zero-order valence-electron chi connectivity index (χ0n) is 9.59. The predicted octanol–water partition coefficient (Wildman–Crippen LogP) is 2.18. The van der Waals surface area contributed by atoms with Crippen LogP contribution in [-0.4, -0.2) is 19.5 Å². The number of halogens is 3. The number of nitrogens with one attached hydrogen (secondary N) is 2. The third-order valence-electron chi connectivity index (χ3n) is 2.09. The van der Waals surface area contributed by atoms with Crippen molar-refractivity contribution in [3.05, 3.63) is 29.8 Å². The molecule has 0 saturated carbocycles. The molecule has 0 aromatic heterocycles. The first kappa shape index (κ1) is 15.8. The standard InChI is InChI=1S/C11H14F2N2O.ClH/c1-7(6-14-2)11(16)15-10-4-8(12)3-9(13)5-10;/h3-5,7,14H,6H2,1-2H3,(H,15,16);1H. The Bertz CT molecular complexity index is 367. The quantitative estimate of drug-likeness (QED) is 0.875. The minimum atomic E-state index is -0.712. The largest absolute Gasteiger partial charge is 0.326 e. The van der Waals surface area contributed by atoms with Gasteiger partial charge >= 0.3 is 0 Å². The van der Waals surface area contributed by atoms with Crippen molar-refractivity contribution >= 4 is 24.0 Å². The summed E-state index contributed by atoms with van der Waals surface area (Å²) in [6, 6.07) is 2.91. The summed E-state index contributed by atoms with van der Waals surface area (Å²) in [5.41, 5.74) is 0.130. The second kappa shape index (κ2) is 7.19. The van der Waals surface area contributed by atoms with Gasteiger partial charge in [0, 0.05) is 24.2 Å². The maximum absolute atomic E-state index is 12.8. The van der Waals surface area contributed by atoms with E-state index in [1.807, 2.05) is 0 Å². The van der Waals surface area contributed by atoms with E-state index in [1.54, 1.807) is 14.0 Å². The van der Waals surface area contributed by atoms with E-state index in [0.29, 0.717) is 6.54 Å². The van der Waals surface area contributed by atoms with Crippen molar-refractivity contribution in [2.45, 2.75) is 6.92 Å². The summed E-state index contributed by atoms with van der Waals surface area (Å²) in [7, 11) is 1.73. The zero-order valence-corrected chi connectivity index (χ0v) is 10.4. The molecule has 0 aliphatic carbocycles. The number of anilines is 1. The van der Waals surface area contributed by atoms with Gasteiger partial charge in [0.2, 0.25) is 5.91 Å². The summed E-state index contributed by atoms with van der Waals surface area (Å²) >= 11 is 0. The highest BCUT2D eigenvalue weighted by molar-refractivity contribution is 5.92. The lowest BCUT2D eigenvalue weighted by molar-refractivity contribution is -0.119. The Morgan fingerprint density at radius 2 is 1.82 bits per heavy atom. The SMILES string of the molecule is CNCC(C)C(=O)Nc1cc(F)cc(F)c1.Cl. The van der Waals surface area contributed by atoms with Crippen LogP contribution in [0.25, 0.3) is 0 Å². The van der Waals surface area contributed by atoms with Crippen LogP contribution in [0, 0.1) is 17.6 Å². The van der Waals surface area contributed by atoms with E-state index in [-0.39, 0.29) is 29.9 Å². The molecule has 1 atom stereocenters. The van der Waals surface area contributed by atoms with E-state index in [2.05, 4.69) is 10.6 Å². The van der Waals surface area contributed by atoms with Gasteiger partial charge in [0.05, 0.1) is 0 Å². The van der Waals surface area contributed by atoms with Gasteiger partial charge in [-0.05, 0) is 19.2 Å². The molecular formula is C11H15ClF2N2O. The smallest absolute Gasteiger partial charge is 0.228 e. The van der Waals surface area contributed by atoms with Gasteiger partial charge in [-0.1, -0.05) is 6.92 Å². The van der Waals surface area contributed by atoms with Crippen molar-refractivity contribution in [3.8, 4) is 0 Å². The summed E-state index contributed by atoms with van der Waals surface area (Å²) in [6.07, 6.45) is 0. The number of carbonyl (C=O) groups is 1. The highest BCUT2D eigenvalue weighted by Crippen LogP contribution is 2.13. The number of hydrogen-bond donors (Lipinski definition) is 2. The summed E-state index contributed by atoms with van der Waals surface area (Å²) in [6.45, 7) is 2.23. The van der Waals surface area contributed by atoms with E-state index in [9.17, 15) is 13.6 Å². The van der Waals surface area contributed by atoms with E-state index in [4.69, 9.17) is 0 Å². The molecule has 3 nitrogen and oxygen atoms in total. The second-order valence-electron chi connectivity index (χ2n) is 3.61. The summed E-state index contributed by atoms with van der Waals surface area (Å²) in [5.74, 6) is -1.97. The molecular weight excluding hydrogens is 250 g/mol. The van der Waals surface area contributed by atoms with Crippen LogP contribution in [0.15, 0.2) is 18.2 Å². The van der Waals surface area contributed by atoms with E-state index >= 15 is 0 Å². The first-order chi connectivity index (χ1) is 7.52. The maximum atomic E-state index is 12.8. The fourth-order valence-electron chi connectivity index (χ4n) is 1.29. The minimum Gasteiger partial charge on any atom is -0.326 e. The molecule has 0 bridgehead atoms. The zero-order chi connectivity index (χ0) is 12.1. The van der Waals surface area contributed by atoms with E-state index < -0.39 is 11.6 Å². The molecule has 1 rings (SSSR count). The molecule has 6 heteroatoms. The molecule has 0 aliphatic heterocycles. The molecule has 0 heterocycles. The number of benzene rings is 1. The van der Waals surface area contributed by atoms with Crippen LogP contribution in [-0.2, 0) is 4.79 Å². The first-order valence-electron chi connectivity index (χ1n) is 4.94. The van der Waals surface area contributed by atoms with Gasteiger partial charge < -0.3 is 10.6 Å². The van der Waals surface area contributed by atoms with Crippen molar-refractivity contribution in [2.24, 2.45) is 5.92 Å². The third kappa shape index (κ3) is 5.10. The Kier molecular flexibility index (Phi) is 6.68. The van der Waals surface area contributed by atoms with Gasteiger partial charge in [0.25, 0.3) is 0 Å². The topological polar surface area (TPSA) is 41.1 Å². The fourth-order valence-corrected chi connectivity index (χ4v) is 1.29. The summed E-state index contributed by atoms with van der Waals surface area (Å²) in [4.78, 5) is 11.5. The monoisotopic (exact) mass is 264 g/mol. The highest BCUT2D eigenvalue weighted by atomic mass is 35.5. The second-order valence-corrected chi connectivity index (χ2v) is 3.61. The van der Waals surface area contributed by atoms with Gasteiger partial charge in [-0.3, -0.25) is 4.79 Å². The van der Waals surface area contributed by atoms with E-state index in [0.717, 1.165) is 18.2 Å². The van der Waals surface area contributed by atoms with Crippen LogP contribution in [0.4, 0.5) is 14.5 Å². The molecule has 17 heavy (non-hydrogen) atoms. The van der Waals surface area contributed by atoms with Crippen LogP contribution < -0.4 is 10.6 Å². The number of amides is 1. The number of hydrogen-bond acceptors (Lipinski definition) is 2. The average Bonchev–Trinajstić information content (AvgIpc) is 2.16. The van der Waals surface area contributed by atoms with Gasteiger partial charge in [0.1, 0.15) is 11.6 Å². The third-order valence-corrected chi connectivity index (χ3v) is 2.09. The van der Waals surface area contributed by atoms with Crippen LogP contribution >= 0.6 is 12.4 Å². The van der Waals surface area contributed by atoms with Crippen molar-refractivity contribution < 1.29 is 13.6 Å². The lowest BCUT2D eigenvalue weighted by atomic mass is 10.1. The van der Waals surface area contributed by atoms with Gasteiger partial charge in [-0.15, -0.1) is 12.4 Å². The molecule has 0 fully saturated rings. The molecule has 1 amide bonds. The Hall–Kier alpha value is -1.20. The molecule has 1 aromatic rings. The number of carbonyl (C=O) groups excluding carboxylic acids is 1. The van der Waals surface area contributed by atoms with Crippen LogP contribution in [0.2, 0.25) is 0 Å². The Morgan fingerprint density at radius 1 is 1.29 bits per heavy atom. The van der Waals surface area contributed by atoms with Crippen LogP contribution in [0.1, 0.15) is 6.92 Å². The Labute approximate surface area is 105 Å². The van der Waals surface area contributed by atoms with E-state index in [1.165, 1.54) is 0 Å². The molecule has 96 valence electrons. The normalized spacial score (nSPS) is 11.5. The van der Waals surface area contributed by atoms with Gasteiger partial charge in [-0.2, -0.15) is 0 Å². The highest BCUT2D eigenvalue weighted by Gasteiger charge is 2.12. The van der Waals surface area contributed by atoms with Crippen molar-refractivity contribution in [1.29, 1.82) is 0 Å². The maximum Gasteiger partial charge on any atom is 0.228 e. The van der Waals surface area contributed by atoms with Gasteiger partial charge in [-0.25, -0.2) is 8.78 Å². The molecule has 0 spiro atoms. The lowest BCUT2D eigenvalue weighted by Gasteiger charge is -2.11. The molecule has 1 unspecified atom stereocenters. The molecule has 0 aliphatic rings. The lowest BCUT2D eigenvalue weighted by Crippen LogP contribution is -2.28. The Morgan fingerprint density at radius 3 is 2.29 bits per heavy atom. The fraction of sp³-hybridized carbons (Fsp3) is 0.364. The molecule has 1 aromatic carbocycles. The van der Waals surface area contributed by atoms with Gasteiger partial charge in [0.15, 0.2) is 0 Å². The Balaban J connectivity index is 0.00000256. The first-order valence-corrected chi connectivity index (χ1v) is 4.94. The summed E-state index contributed by atoms with van der Waals surface area (Å²) < 4.78 is 25.6. The van der Waals surface area contributed by atoms with Crippen molar-refractivity contribution in [2.75, 3.05) is 18.9 Å². The van der Waals surface area contributed by atoms with Crippen LogP contribution in [0.5, 0.6) is 0 Å². The molecule has 0 radical (unpaired) electrons. The van der Waals surface area contributed by atoms with Crippen LogP contribution in [0.3, 0.4) is 0 Å². The summed E-state index contributed by atoms with van der Waals surface area (Å²) in [5, 5.41) is 5.30. The minimum absolute atomic E-state index is 0. The number of rotatable bonds is 4. The molecule has 0 saturated heterocycles. The molecule has 2 N–H and O–H groups in total. The van der Waals surface area contributed by atoms with Crippen molar-refractivity contribution in [3.63, 3.8) is 0 Å². The predicted molar refractivity (Wildman–Crippen MR) is 65.3 cm³/mol. The van der Waals surface area contributed by atoms with Crippen molar-refractivity contribution in [1.82, 2.24) is 5.32 Å². The average molecular weight is 265 g/mol.